The quantitative estimate of drug-likeness (QED) is 0.780. The van der Waals surface area contributed by atoms with Gasteiger partial charge in [-0.15, -0.1) is 0 Å². The van der Waals surface area contributed by atoms with Crippen molar-refractivity contribution in [3.05, 3.63) is 75.2 Å². The Balaban J connectivity index is 1.87. The molecular weight excluding hydrogens is 302 g/mol. The second kappa shape index (κ2) is 5.99. The number of nitrogens with zero attached hydrogens (tertiary/aromatic N) is 1. The number of H-pyrrole nitrogens is 1. The highest BCUT2D eigenvalue weighted by molar-refractivity contribution is 6.30. The minimum atomic E-state index is -0.354. The van der Waals surface area contributed by atoms with Gasteiger partial charge in [0.2, 0.25) is 0 Å². The van der Waals surface area contributed by atoms with Crippen molar-refractivity contribution in [2.75, 3.05) is 0 Å². The predicted molar refractivity (Wildman–Crippen MR) is 85.0 cm³/mol. The van der Waals surface area contributed by atoms with Gasteiger partial charge in [0.25, 0.3) is 11.5 Å². The van der Waals surface area contributed by atoms with Crippen LogP contribution in [-0.4, -0.2) is 16.1 Å². The van der Waals surface area contributed by atoms with Gasteiger partial charge in [-0.3, -0.25) is 9.59 Å². The molecule has 0 aliphatic carbocycles. The lowest BCUT2D eigenvalue weighted by Gasteiger charge is -2.07. The lowest BCUT2D eigenvalue weighted by Crippen LogP contribution is -2.26. The van der Waals surface area contributed by atoms with E-state index < -0.39 is 0 Å². The molecule has 2 aromatic carbocycles. The van der Waals surface area contributed by atoms with E-state index >= 15 is 0 Å². The third kappa shape index (κ3) is 2.84. The number of halogens is 1. The summed E-state index contributed by atoms with van der Waals surface area (Å²) in [6.07, 6.45) is 0. The summed E-state index contributed by atoms with van der Waals surface area (Å²) in [5.41, 5.74) is 0.758. The first-order valence-electron chi connectivity index (χ1n) is 6.65. The molecule has 0 saturated carbocycles. The van der Waals surface area contributed by atoms with E-state index in [0.29, 0.717) is 22.3 Å². The summed E-state index contributed by atoms with van der Waals surface area (Å²) in [4.78, 5) is 24.0. The highest BCUT2D eigenvalue weighted by atomic mass is 35.5. The number of aromatic amines is 1. The van der Waals surface area contributed by atoms with Crippen LogP contribution in [0, 0.1) is 0 Å². The van der Waals surface area contributed by atoms with Crippen molar-refractivity contribution in [1.29, 1.82) is 0 Å². The number of carbonyl (C=O) groups excluding carboxylic acids is 1. The summed E-state index contributed by atoms with van der Waals surface area (Å²) >= 11 is 5.91. The Hall–Kier alpha value is -2.66. The molecule has 0 unspecified atom stereocenters. The minimum absolute atomic E-state index is 0.192. The van der Waals surface area contributed by atoms with Crippen LogP contribution in [0.25, 0.3) is 10.8 Å². The number of rotatable bonds is 3. The van der Waals surface area contributed by atoms with E-state index in [0.717, 1.165) is 5.56 Å². The Morgan fingerprint density at radius 2 is 1.91 bits per heavy atom. The molecule has 3 aromatic rings. The second-order valence-corrected chi connectivity index (χ2v) is 5.20. The molecule has 0 aliphatic heterocycles. The Morgan fingerprint density at radius 1 is 1.14 bits per heavy atom. The van der Waals surface area contributed by atoms with Gasteiger partial charge in [-0.25, -0.2) is 5.10 Å². The van der Waals surface area contributed by atoms with Crippen LogP contribution in [0.4, 0.5) is 0 Å². The molecule has 22 heavy (non-hydrogen) atoms. The van der Waals surface area contributed by atoms with Gasteiger partial charge >= 0.3 is 0 Å². The van der Waals surface area contributed by atoms with Crippen LogP contribution < -0.4 is 10.9 Å². The fraction of sp³-hybridized carbons (Fsp3) is 0.0625. The SMILES string of the molecule is O=C(NCc1cccc(Cl)c1)c1n[nH]c(=O)c2ccccc12. The maximum absolute atomic E-state index is 12.3. The molecule has 0 fully saturated rings. The Morgan fingerprint density at radius 3 is 2.68 bits per heavy atom. The third-order valence-corrected chi connectivity index (χ3v) is 3.49. The molecule has 6 heteroatoms. The third-order valence-electron chi connectivity index (χ3n) is 3.25. The van der Waals surface area contributed by atoms with Crippen molar-refractivity contribution < 1.29 is 4.79 Å². The predicted octanol–water partition coefficient (Wildman–Crippen LogP) is 2.51. The van der Waals surface area contributed by atoms with E-state index in [1.165, 1.54) is 0 Å². The average molecular weight is 314 g/mol. The number of aromatic nitrogens is 2. The van der Waals surface area contributed by atoms with Crippen LogP contribution in [0.2, 0.25) is 5.02 Å². The Kier molecular flexibility index (Phi) is 3.89. The molecule has 0 radical (unpaired) electrons. The van der Waals surface area contributed by atoms with Crippen LogP contribution in [0.3, 0.4) is 0 Å². The maximum atomic E-state index is 12.3. The number of nitrogens with one attached hydrogen (secondary N) is 2. The molecular formula is C16H12ClN3O2. The second-order valence-electron chi connectivity index (χ2n) is 4.76. The lowest BCUT2D eigenvalue weighted by atomic mass is 10.1. The molecule has 0 saturated heterocycles. The normalized spacial score (nSPS) is 10.6. The zero-order chi connectivity index (χ0) is 15.5. The first kappa shape index (κ1) is 14.3. The molecule has 0 spiro atoms. The van der Waals surface area contributed by atoms with Gasteiger partial charge in [-0.2, -0.15) is 5.10 Å². The molecule has 3 rings (SSSR count). The van der Waals surface area contributed by atoms with E-state index in [-0.39, 0.29) is 17.2 Å². The van der Waals surface area contributed by atoms with E-state index in [1.54, 1.807) is 36.4 Å². The minimum Gasteiger partial charge on any atom is -0.347 e. The van der Waals surface area contributed by atoms with Crippen molar-refractivity contribution in [2.45, 2.75) is 6.54 Å². The molecule has 1 amide bonds. The van der Waals surface area contributed by atoms with Gasteiger partial charge in [-0.05, 0) is 23.8 Å². The van der Waals surface area contributed by atoms with Crippen molar-refractivity contribution in [2.24, 2.45) is 0 Å². The van der Waals surface area contributed by atoms with Crippen molar-refractivity contribution in [3.63, 3.8) is 0 Å². The number of benzene rings is 2. The fourth-order valence-corrected chi connectivity index (χ4v) is 2.41. The molecule has 0 bridgehead atoms. The monoisotopic (exact) mass is 313 g/mol. The number of carbonyl (C=O) groups is 1. The first-order chi connectivity index (χ1) is 10.6. The summed E-state index contributed by atoms with van der Waals surface area (Å²) in [6, 6.07) is 14.1. The average Bonchev–Trinajstić information content (AvgIpc) is 2.53. The fourth-order valence-electron chi connectivity index (χ4n) is 2.20. The largest absolute Gasteiger partial charge is 0.347 e. The molecule has 1 aromatic heterocycles. The first-order valence-corrected chi connectivity index (χ1v) is 7.03. The van der Waals surface area contributed by atoms with Gasteiger partial charge < -0.3 is 5.32 Å². The van der Waals surface area contributed by atoms with Crippen LogP contribution >= 0.6 is 11.6 Å². The molecule has 110 valence electrons. The van der Waals surface area contributed by atoms with Crippen LogP contribution in [0.15, 0.2) is 53.3 Å². The van der Waals surface area contributed by atoms with E-state index in [4.69, 9.17) is 11.6 Å². The molecule has 0 atom stereocenters. The van der Waals surface area contributed by atoms with Crippen molar-refractivity contribution in [3.8, 4) is 0 Å². The summed E-state index contributed by atoms with van der Waals surface area (Å²) in [6.45, 7) is 0.328. The van der Waals surface area contributed by atoms with Crippen LogP contribution in [0.1, 0.15) is 16.1 Å². The summed E-state index contributed by atoms with van der Waals surface area (Å²) < 4.78 is 0. The Bertz CT molecular complexity index is 905. The van der Waals surface area contributed by atoms with Gasteiger partial charge in [0, 0.05) is 17.0 Å². The highest BCUT2D eigenvalue weighted by Crippen LogP contribution is 2.13. The Labute approximate surface area is 130 Å². The molecule has 1 heterocycles. The van der Waals surface area contributed by atoms with Crippen LogP contribution in [-0.2, 0) is 6.54 Å². The standard InChI is InChI=1S/C16H12ClN3O2/c17-11-5-3-4-10(8-11)9-18-16(22)14-12-6-1-2-7-13(12)15(21)20-19-14/h1-8H,9H2,(H,18,22)(H,20,21). The molecule has 5 nitrogen and oxygen atoms in total. The maximum Gasteiger partial charge on any atom is 0.272 e. The van der Waals surface area contributed by atoms with Crippen molar-refractivity contribution >= 4 is 28.3 Å². The number of fused-ring (bicyclic) bond motifs is 1. The van der Waals surface area contributed by atoms with Gasteiger partial charge in [-0.1, -0.05) is 41.9 Å². The summed E-state index contributed by atoms with van der Waals surface area (Å²) in [5.74, 6) is -0.354. The van der Waals surface area contributed by atoms with Gasteiger partial charge in [0.15, 0.2) is 5.69 Å². The molecule has 0 aliphatic rings. The smallest absolute Gasteiger partial charge is 0.272 e. The van der Waals surface area contributed by atoms with E-state index in [1.807, 2.05) is 12.1 Å². The zero-order valence-corrected chi connectivity index (χ0v) is 12.2. The summed E-state index contributed by atoms with van der Waals surface area (Å²) in [7, 11) is 0. The van der Waals surface area contributed by atoms with E-state index in [2.05, 4.69) is 15.5 Å². The van der Waals surface area contributed by atoms with E-state index in [9.17, 15) is 9.59 Å². The number of hydrogen-bond donors (Lipinski definition) is 2. The number of amides is 1. The van der Waals surface area contributed by atoms with Crippen molar-refractivity contribution in [1.82, 2.24) is 15.5 Å². The zero-order valence-electron chi connectivity index (χ0n) is 11.5. The van der Waals surface area contributed by atoms with Gasteiger partial charge in [0.1, 0.15) is 0 Å². The lowest BCUT2D eigenvalue weighted by molar-refractivity contribution is 0.0946. The molecule has 2 N–H and O–H groups in total. The van der Waals surface area contributed by atoms with Crippen LogP contribution in [0.5, 0.6) is 0 Å². The topological polar surface area (TPSA) is 74.8 Å². The number of hydrogen-bond acceptors (Lipinski definition) is 3. The van der Waals surface area contributed by atoms with Gasteiger partial charge in [0.05, 0.1) is 5.39 Å². The summed E-state index contributed by atoms with van der Waals surface area (Å²) in [5, 5.41) is 10.5. The highest BCUT2D eigenvalue weighted by Gasteiger charge is 2.13.